The van der Waals surface area contributed by atoms with E-state index >= 15 is 0 Å². The Bertz CT molecular complexity index is 1100. The average molecular weight is 461 g/mol. The normalized spacial score (nSPS) is 17.7. The van der Waals surface area contributed by atoms with E-state index in [9.17, 15) is 4.79 Å². The molecule has 3 heterocycles. The highest BCUT2D eigenvalue weighted by Gasteiger charge is 2.24. The van der Waals surface area contributed by atoms with Gasteiger partial charge in [-0.2, -0.15) is 0 Å². The van der Waals surface area contributed by atoms with Crippen LogP contribution < -0.4 is 0 Å². The number of carbonyl (C=O) groups is 1. The molecule has 1 aromatic heterocycles. The first kappa shape index (κ1) is 22.7. The van der Waals surface area contributed by atoms with Crippen LogP contribution in [0.5, 0.6) is 0 Å². The van der Waals surface area contributed by atoms with Gasteiger partial charge in [-0.15, -0.1) is 10.2 Å². The van der Waals surface area contributed by atoms with E-state index < -0.39 is 0 Å². The number of hydrogen-bond donors (Lipinski definition) is 0. The van der Waals surface area contributed by atoms with Gasteiger partial charge in [-0.05, 0) is 75.0 Å². The number of amides is 1. The van der Waals surface area contributed by atoms with Crippen molar-refractivity contribution < 1.29 is 13.9 Å². The molecule has 7 nitrogen and oxygen atoms in total. The van der Waals surface area contributed by atoms with Gasteiger partial charge in [0, 0.05) is 42.9 Å². The molecule has 2 aliphatic rings. The quantitative estimate of drug-likeness (QED) is 0.547. The van der Waals surface area contributed by atoms with Crippen molar-refractivity contribution in [2.24, 2.45) is 5.92 Å². The number of morpholine rings is 1. The molecular formula is C27H32N4O3. The average Bonchev–Trinajstić information content (AvgIpc) is 3.39. The topological polar surface area (TPSA) is 71.7 Å². The number of aryl methyl sites for hydroxylation is 1. The molecule has 2 saturated heterocycles. The van der Waals surface area contributed by atoms with Crippen molar-refractivity contribution in [1.29, 1.82) is 0 Å². The van der Waals surface area contributed by atoms with E-state index in [2.05, 4.69) is 15.1 Å². The number of nitrogens with zero attached hydrogens (tertiary/aromatic N) is 4. The van der Waals surface area contributed by atoms with Crippen molar-refractivity contribution in [2.75, 3.05) is 45.9 Å². The molecule has 178 valence electrons. The van der Waals surface area contributed by atoms with Crippen molar-refractivity contribution >= 4 is 5.91 Å². The molecule has 0 bridgehead atoms. The van der Waals surface area contributed by atoms with Gasteiger partial charge >= 0.3 is 0 Å². The zero-order chi connectivity index (χ0) is 23.3. The third-order valence-electron chi connectivity index (χ3n) is 6.93. The molecule has 2 aliphatic heterocycles. The van der Waals surface area contributed by atoms with Crippen LogP contribution in [-0.4, -0.2) is 71.8 Å². The first-order chi connectivity index (χ1) is 16.7. The Balaban J connectivity index is 1.15. The summed E-state index contributed by atoms with van der Waals surface area (Å²) in [5.74, 6) is 1.76. The molecule has 0 spiro atoms. The number of likely N-dealkylation sites (tertiary alicyclic amines) is 1. The van der Waals surface area contributed by atoms with Crippen LogP contribution in [0.1, 0.15) is 35.2 Å². The predicted molar refractivity (Wildman–Crippen MR) is 130 cm³/mol. The molecule has 0 atom stereocenters. The fraction of sp³-hybridized carbons (Fsp3) is 0.444. The van der Waals surface area contributed by atoms with Crippen LogP contribution >= 0.6 is 0 Å². The molecule has 2 fully saturated rings. The van der Waals surface area contributed by atoms with E-state index in [1.54, 1.807) is 0 Å². The summed E-state index contributed by atoms with van der Waals surface area (Å²) in [6.45, 7) is 8.64. The fourth-order valence-corrected chi connectivity index (χ4v) is 4.79. The summed E-state index contributed by atoms with van der Waals surface area (Å²) in [6, 6.07) is 15.5. The first-order valence-corrected chi connectivity index (χ1v) is 12.3. The maximum Gasteiger partial charge on any atom is 0.253 e. The van der Waals surface area contributed by atoms with E-state index in [1.165, 1.54) is 6.42 Å². The Hall–Kier alpha value is -3.03. The summed E-state index contributed by atoms with van der Waals surface area (Å²) in [5, 5.41) is 8.38. The van der Waals surface area contributed by atoms with Gasteiger partial charge in [-0.3, -0.25) is 9.69 Å². The van der Waals surface area contributed by atoms with Gasteiger partial charge in [0.25, 0.3) is 5.91 Å². The minimum absolute atomic E-state index is 0.101. The number of rotatable bonds is 6. The number of piperidine rings is 1. The van der Waals surface area contributed by atoms with Crippen LogP contribution in [0, 0.1) is 12.8 Å². The largest absolute Gasteiger partial charge is 0.416 e. The van der Waals surface area contributed by atoms with E-state index in [4.69, 9.17) is 9.15 Å². The SMILES string of the molecule is Cc1cccc(-c2nnc(-c3ccc(C(=O)N4CCC(CCN5CCOCC5)CC4)cc3)o2)c1. The first-order valence-electron chi connectivity index (χ1n) is 12.3. The molecule has 0 radical (unpaired) electrons. The highest BCUT2D eigenvalue weighted by Crippen LogP contribution is 2.26. The lowest BCUT2D eigenvalue weighted by Crippen LogP contribution is -2.40. The lowest BCUT2D eigenvalue weighted by atomic mass is 9.93. The maximum atomic E-state index is 13.0. The number of aromatic nitrogens is 2. The minimum atomic E-state index is 0.101. The van der Waals surface area contributed by atoms with Gasteiger partial charge in [0.2, 0.25) is 11.8 Å². The van der Waals surface area contributed by atoms with Gasteiger partial charge in [0.15, 0.2) is 0 Å². The Labute approximate surface area is 200 Å². The summed E-state index contributed by atoms with van der Waals surface area (Å²) >= 11 is 0. The molecule has 0 unspecified atom stereocenters. The maximum absolute atomic E-state index is 13.0. The van der Waals surface area contributed by atoms with E-state index in [0.29, 0.717) is 23.3 Å². The van der Waals surface area contributed by atoms with E-state index in [1.807, 2.05) is 60.4 Å². The second-order valence-corrected chi connectivity index (χ2v) is 9.34. The van der Waals surface area contributed by atoms with E-state index in [-0.39, 0.29) is 5.91 Å². The monoisotopic (exact) mass is 460 g/mol. The van der Waals surface area contributed by atoms with Crippen LogP contribution in [0.15, 0.2) is 52.9 Å². The fourth-order valence-electron chi connectivity index (χ4n) is 4.79. The third kappa shape index (κ3) is 5.37. The molecule has 0 N–H and O–H groups in total. The predicted octanol–water partition coefficient (Wildman–Crippen LogP) is 4.29. The van der Waals surface area contributed by atoms with Crippen molar-refractivity contribution in [3.8, 4) is 22.9 Å². The molecule has 3 aromatic rings. The molecular weight excluding hydrogens is 428 g/mol. The van der Waals surface area contributed by atoms with Crippen LogP contribution in [0.25, 0.3) is 22.9 Å². The lowest BCUT2D eigenvalue weighted by molar-refractivity contribution is 0.0332. The summed E-state index contributed by atoms with van der Waals surface area (Å²) in [5.41, 5.74) is 3.55. The van der Waals surface area contributed by atoms with Gasteiger partial charge in [0.1, 0.15) is 0 Å². The molecule has 0 saturated carbocycles. The Morgan fingerprint density at radius 2 is 1.65 bits per heavy atom. The van der Waals surface area contributed by atoms with Crippen molar-refractivity contribution in [3.63, 3.8) is 0 Å². The van der Waals surface area contributed by atoms with Crippen LogP contribution in [0.3, 0.4) is 0 Å². The second-order valence-electron chi connectivity index (χ2n) is 9.34. The van der Waals surface area contributed by atoms with Gasteiger partial charge < -0.3 is 14.1 Å². The summed E-state index contributed by atoms with van der Waals surface area (Å²) in [6.07, 6.45) is 3.38. The molecule has 1 amide bonds. The van der Waals surface area contributed by atoms with E-state index in [0.717, 1.165) is 75.5 Å². The highest BCUT2D eigenvalue weighted by molar-refractivity contribution is 5.94. The summed E-state index contributed by atoms with van der Waals surface area (Å²) < 4.78 is 11.3. The summed E-state index contributed by atoms with van der Waals surface area (Å²) in [4.78, 5) is 17.5. The Morgan fingerprint density at radius 3 is 2.35 bits per heavy atom. The van der Waals surface area contributed by atoms with Crippen LogP contribution in [-0.2, 0) is 4.74 Å². The van der Waals surface area contributed by atoms with Gasteiger partial charge in [0.05, 0.1) is 13.2 Å². The molecule has 5 rings (SSSR count). The smallest absolute Gasteiger partial charge is 0.253 e. The zero-order valence-corrected chi connectivity index (χ0v) is 19.8. The van der Waals surface area contributed by atoms with Crippen molar-refractivity contribution in [3.05, 3.63) is 59.7 Å². The molecule has 0 aliphatic carbocycles. The standard InChI is InChI=1S/C27H32N4O3/c1-20-3-2-4-24(19-20)26-29-28-25(34-26)22-5-7-23(8-6-22)27(32)31-13-10-21(11-14-31)9-12-30-15-17-33-18-16-30/h2-8,19,21H,9-18H2,1H3. The number of benzene rings is 2. The van der Waals surface area contributed by atoms with Gasteiger partial charge in [-0.25, -0.2) is 0 Å². The minimum Gasteiger partial charge on any atom is -0.416 e. The Morgan fingerprint density at radius 1 is 0.941 bits per heavy atom. The van der Waals surface area contributed by atoms with Crippen LogP contribution in [0.4, 0.5) is 0 Å². The van der Waals surface area contributed by atoms with Crippen molar-refractivity contribution in [1.82, 2.24) is 20.0 Å². The third-order valence-corrected chi connectivity index (χ3v) is 6.93. The van der Waals surface area contributed by atoms with Crippen LogP contribution in [0.2, 0.25) is 0 Å². The number of carbonyl (C=O) groups excluding carboxylic acids is 1. The molecule has 2 aromatic carbocycles. The van der Waals surface area contributed by atoms with Gasteiger partial charge in [-0.1, -0.05) is 17.7 Å². The molecule has 7 heteroatoms. The number of hydrogen-bond acceptors (Lipinski definition) is 6. The molecule has 34 heavy (non-hydrogen) atoms. The zero-order valence-electron chi connectivity index (χ0n) is 19.8. The van der Waals surface area contributed by atoms with Crippen molar-refractivity contribution in [2.45, 2.75) is 26.2 Å². The number of ether oxygens (including phenoxy) is 1. The lowest BCUT2D eigenvalue weighted by Gasteiger charge is -2.34. The highest BCUT2D eigenvalue weighted by atomic mass is 16.5. The second kappa shape index (κ2) is 10.5. The summed E-state index contributed by atoms with van der Waals surface area (Å²) in [7, 11) is 0. The Kier molecular flexibility index (Phi) is 7.02.